The normalized spacial score (nSPS) is 15.3. The van der Waals surface area contributed by atoms with Gasteiger partial charge in [-0.1, -0.05) is 52.5 Å². The van der Waals surface area contributed by atoms with Crippen LogP contribution in [0.25, 0.3) is 0 Å². The first-order chi connectivity index (χ1) is 16.4. The number of halogens is 4. The predicted molar refractivity (Wildman–Crippen MR) is 140 cm³/mol. The summed E-state index contributed by atoms with van der Waals surface area (Å²) in [6.45, 7) is 4.00. The molecule has 1 saturated heterocycles. The summed E-state index contributed by atoms with van der Waals surface area (Å²) in [5, 5.41) is 12.7. The zero-order chi connectivity index (χ0) is 24.1. The van der Waals surface area contributed by atoms with E-state index in [-0.39, 0.29) is 6.61 Å². The summed E-state index contributed by atoms with van der Waals surface area (Å²) in [4.78, 5) is 4.51. The van der Waals surface area contributed by atoms with E-state index in [1.807, 2.05) is 18.2 Å². The fraction of sp³-hybridized carbons (Fsp3) is 0.280. The Morgan fingerprint density at radius 3 is 2.15 bits per heavy atom. The number of nitrogens with zero attached hydrogens (tertiary/aromatic N) is 2. The molecular weight excluding hydrogens is 518 g/mol. The quantitative estimate of drug-likeness (QED) is 0.345. The van der Waals surface area contributed by atoms with Crippen molar-refractivity contribution in [3.63, 3.8) is 0 Å². The summed E-state index contributed by atoms with van der Waals surface area (Å²) >= 11 is 24.5. The molecule has 34 heavy (non-hydrogen) atoms. The molecule has 5 nitrogen and oxygen atoms in total. The Morgan fingerprint density at radius 1 is 0.765 bits per heavy atom. The van der Waals surface area contributed by atoms with Gasteiger partial charge in [-0.3, -0.25) is 4.90 Å². The van der Waals surface area contributed by atoms with Gasteiger partial charge < -0.3 is 19.5 Å². The number of rotatable bonds is 8. The van der Waals surface area contributed by atoms with Crippen LogP contribution < -0.4 is 14.4 Å². The molecule has 0 bridgehead atoms. The lowest BCUT2D eigenvalue weighted by Crippen LogP contribution is -2.49. The molecule has 0 aliphatic carbocycles. The Labute approximate surface area is 219 Å². The fourth-order valence-corrected chi connectivity index (χ4v) is 4.55. The van der Waals surface area contributed by atoms with Crippen LogP contribution in [-0.4, -0.2) is 55.4 Å². The molecule has 1 atom stereocenters. The number of aliphatic hydroxyl groups excluding tert-OH is 1. The van der Waals surface area contributed by atoms with Crippen molar-refractivity contribution in [2.75, 3.05) is 44.2 Å². The van der Waals surface area contributed by atoms with Crippen LogP contribution in [0.2, 0.25) is 20.1 Å². The Morgan fingerprint density at radius 2 is 1.44 bits per heavy atom. The summed E-state index contributed by atoms with van der Waals surface area (Å²) in [5.41, 5.74) is 1.12. The number of piperazine rings is 1. The monoisotopic (exact) mass is 540 g/mol. The van der Waals surface area contributed by atoms with Crippen molar-refractivity contribution in [2.45, 2.75) is 6.10 Å². The Kier molecular flexibility index (Phi) is 8.70. The van der Waals surface area contributed by atoms with Crippen LogP contribution in [0.1, 0.15) is 0 Å². The summed E-state index contributed by atoms with van der Waals surface area (Å²) < 4.78 is 11.8. The van der Waals surface area contributed by atoms with E-state index in [1.165, 1.54) is 0 Å². The zero-order valence-electron chi connectivity index (χ0n) is 18.3. The van der Waals surface area contributed by atoms with Crippen molar-refractivity contribution < 1.29 is 14.6 Å². The molecule has 1 aliphatic rings. The Hall–Kier alpha value is -1.86. The van der Waals surface area contributed by atoms with E-state index in [0.717, 1.165) is 36.9 Å². The number of ether oxygens (including phenoxy) is 2. The number of hydrogen-bond acceptors (Lipinski definition) is 5. The molecule has 0 radical (unpaired) electrons. The Balaban J connectivity index is 1.31. The lowest BCUT2D eigenvalue weighted by molar-refractivity contribution is 0.0655. The highest BCUT2D eigenvalue weighted by Crippen LogP contribution is 2.37. The molecule has 4 rings (SSSR count). The van der Waals surface area contributed by atoms with E-state index in [4.69, 9.17) is 55.9 Å². The van der Waals surface area contributed by atoms with Crippen molar-refractivity contribution in [3.8, 4) is 17.2 Å². The molecule has 0 amide bonds. The minimum absolute atomic E-state index is 0.0968. The van der Waals surface area contributed by atoms with Gasteiger partial charge in [-0.05, 0) is 48.5 Å². The topological polar surface area (TPSA) is 45.2 Å². The molecule has 0 aromatic heterocycles. The minimum atomic E-state index is -0.677. The third-order valence-corrected chi connectivity index (χ3v) is 6.47. The predicted octanol–water partition coefficient (Wildman–Crippen LogP) is 6.65. The van der Waals surface area contributed by atoms with Crippen LogP contribution in [0.5, 0.6) is 17.2 Å². The van der Waals surface area contributed by atoms with Crippen molar-refractivity contribution >= 4 is 52.1 Å². The van der Waals surface area contributed by atoms with Gasteiger partial charge in [0.05, 0.1) is 5.02 Å². The molecule has 180 valence electrons. The van der Waals surface area contributed by atoms with Gasteiger partial charge in [0.1, 0.15) is 18.5 Å². The molecule has 0 unspecified atom stereocenters. The van der Waals surface area contributed by atoms with Gasteiger partial charge in [-0.2, -0.15) is 0 Å². The SMILES string of the molecule is O[C@@H](COc1cc(Cl)ccc1Oc1ccc(Cl)cc1Cl)CN1CCN(c2cccc(Cl)c2)CC1. The van der Waals surface area contributed by atoms with Gasteiger partial charge in [-0.15, -0.1) is 0 Å². The average molecular weight is 542 g/mol. The van der Waals surface area contributed by atoms with Crippen molar-refractivity contribution in [3.05, 3.63) is 80.8 Å². The maximum atomic E-state index is 10.6. The molecule has 1 fully saturated rings. The summed E-state index contributed by atoms with van der Waals surface area (Å²) in [5.74, 6) is 1.30. The molecule has 1 heterocycles. The first-order valence-electron chi connectivity index (χ1n) is 10.8. The van der Waals surface area contributed by atoms with Gasteiger partial charge in [0.15, 0.2) is 11.5 Å². The standard InChI is InChI=1S/C25H24Cl4N2O3/c26-17-2-1-3-20(12-17)31-10-8-30(9-11-31)15-21(32)16-33-25-14-19(28)5-7-24(25)34-23-6-4-18(27)13-22(23)29/h1-7,12-14,21,32H,8-11,15-16H2/t21-/m1/s1. The van der Waals surface area contributed by atoms with Gasteiger partial charge in [0.2, 0.25) is 0 Å². The molecule has 3 aromatic rings. The molecule has 9 heteroatoms. The number of hydrogen-bond donors (Lipinski definition) is 1. The fourth-order valence-electron chi connectivity index (χ4n) is 3.75. The van der Waals surface area contributed by atoms with Crippen LogP contribution >= 0.6 is 46.4 Å². The van der Waals surface area contributed by atoms with Gasteiger partial charge in [0.25, 0.3) is 0 Å². The second-order valence-corrected chi connectivity index (χ2v) is 9.72. The van der Waals surface area contributed by atoms with Crippen LogP contribution in [0.4, 0.5) is 5.69 Å². The molecule has 1 N–H and O–H groups in total. The highest BCUT2D eigenvalue weighted by Gasteiger charge is 2.20. The molecule has 0 saturated carbocycles. The van der Waals surface area contributed by atoms with Gasteiger partial charge in [-0.25, -0.2) is 0 Å². The van der Waals surface area contributed by atoms with Gasteiger partial charge >= 0.3 is 0 Å². The third kappa shape index (κ3) is 6.85. The number of benzene rings is 3. The summed E-state index contributed by atoms with van der Waals surface area (Å²) in [7, 11) is 0. The smallest absolute Gasteiger partial charge is 0.169 e. The molecular formula is C25H24Cl4N2O3. The van der Waals surface area contributed by atoms with E-state index < -0.39 is 6.10 Å². The van der Waals surface area contributed by atoms with E-state index in [0.29, 0.717) is 38.9 Å². The zero-order valence-corrected chi connectivity index (χ0v) is 21.3. The molecule has 3 aromatic carbocycles. The highest BCUT2D eigenvalue weighted by atomic mass is 35.5. The second kappa shape index (κ2) is 11.7. The summed E-state index contributed by atoms with van der Waals surface area (Å²) in [6, 6.07) is 17.9. The van der Waals surface area contributed by atoms with E-state index in [9.17, 15) is 5.11 Å². The lowest BCUT2D eigenvalue weighted by atomic mass is 10.2. The van der Waals surface area contributed by atoms with Crippen LogP contribution in [-0.2, 0) is 0 Å². The van der Waals surface area contributed by atoms with Gasteiger partial charge in [0, 0.05) is 59.5 Å². The number of anilines is 1. The van der Waals surface area contributed by atoms with E-state index in [2.05, 4.69) is 15.9 Å². The largest absolute Gasteiger partial charge is 0.487 e. The summed E-state index contributed by atoms with van der Waals surface area (Å²) in [6.07, 6.45) is -0.677. The average Bonchev–Trinajstić information content (AvgIpc) is 2.81. The number of β-amino-alcohol motifs (C(OH)–C–C–N with tert-alkyl or cyclic N) is 1. The van der Waals surface area contributed by atoms with Crippen LogP contribution in [0.3, 0.4) is 0 Å². The first kappa shape index (κ1) is 25.2. The first-order valence-corrected chi connectivity index (χ1v) is 12.3. The highest BCUT2D eigenvalue weighted by molar-refractivity contribution is 6.35. The van der Waals surface area contributed by atoms with Crippen molar-refractivity contribution in [2.24, 2.45) is 0 Å². The molecule has 0 spiro atoms. The van der Waals surface area contributed by atoms with Crippen LogP contribution in [0, 0.1) is 0 Å². The Bertz CT molecular complexity index is 1120. The number of aliphatic hydroxyl groups is 1. The third-order valence-electron chi connectivity index (χ3n) is 5.47. The molecule has 1 aliphatic heterocycles. The maximum absolute atomic E-state index is 10.6. The van der Waals surface area contributed by atoms with Crippen LogP contribution in [0.15, 0.2) is 60.7 Å². The lowest BCUT2D eigenvalue weighted by Gasteiger charge is -2.36. The minimum Gasteiger partial charge on any atom is -0.487 e. The van der Waals surface area contributed by atoms with Crippen molar-refractivity contribution in [1.29, 1.82) is 0 Å². The second-order valence-electron chi connectivity index (χ2n) is 8.00. The van der Waals surface area contributed by atoms with E-state index >= 15 is 0 Å². The van der Waals surface area contributed by atoms with Crippen molar-refractivity contribution in [1.82, 2.24) is 4.90 Å². The van der Waals surface area contributed by atoms with E-state index in [1.54, 1.807) is 36.4 Å². The maximum Gasteiger partial charge on any atom is 0.169 e.